The lowest BCUT2D eigenvalue weighted by Crippen LogP contribution is -2.53. The standard InChI is InChI=1S/C25H36BrClN2O4.C25H37ClN2O4/c1-16(2)29(17-11-7-6-8-12-17)23(30)18-15-19-22(21(27)20(18)26)33-25(3,4)24(31)28(19)13-9-10-14-32-5;1-17(2)28(19-11-7-6-8-12-19)23(29)18-15-20(26)22-21(16-18)27(13-9-10-14-31-5)24(30)25(3,4)32-22/h15-17H,6-14H2,1-5H3;15-17,19H,6-14H2,1-5H3. The minimum atomic E-state index is -1.05. The first kappa shape index (κ1) is 52.9. The van der Waals surface area contributed by atoms with Gasteiger partial charge < -0.3 is 38.5 Å². The Morgan fingerprint density at radius 1 is 0.692 bits per heavy atom. The average Bonchev–Trinajstić information content (AvgIpc) is 3.26. The maximum Gasteiger partial charge on any atom is 0.270 e. The molecule has 0 atom stereocenters. The molecule has 362 valence electrons. The van der Waals surface area contributed by atoms with E-state index in [9.17, 15) is 19.2 Å². The molecule has 4 aliphatic rings. The number of amides is 4. The first-order chi connectivity index (χ1) is 30.8. The van der Waals surface area contributed by atoms with Crippen LogP contribution in [0.1, 0.15) is 166 Å². The normalized spacial score (nSPS) is 18.4. The van der Waals surface area contributed by atoms with Crippen LogP contribution in [0.5, 0.6) is 11.5 Å². The third-order valence-electron chi connectivity index (χ3n) is 12.9. The van der Waals surface area contributed by atoms with Gasteiger partial charge in [0, 0.05) is 70.3 Å². The van der Waals surface area contributed by atoms with Gasteiger partial charge in [0.2, 0.25) is 0 Å². The van der Waals surface area contributed by atoms with Crippen LogP contribution < -0.4 is 19.3 Å². The molecular weight excluding hydrogens is 935 g/mol. The third kappa shape index (κ3) is 12.3. The van der Waals surface area contributed by atoms with Gasteiger partial charge >= 0.3 is 0 Å². The van der Waals surface area contributed by atoms with Crippen molar-refractivity contribution < 1.29 is 38.1 Å². The highest BCUT2D eigenvalue weighted by Gasteiger charge is 2.45. The van der Waals surface area contributed by atoms with Gasteiger partial charge in [-0.15, -0.1) is 0 Å². The fourth-order valence-corrected chi connectivity index (χ4v) is 10.6. The SMILES string of the molecule is COCCCCN1C(=O)C(C)(C)Oc2c(Cl)cc(C(=O)N(C(C)C)C3CCCCC3)cc21.COCCCCN1C(=O)C(C)(C)Oc2c1cc(C(=O)N(C(C)C)C1CCCCC1)c(Br)c2Cl. The van der Waals surface area contributed by atoms with Gasteiger partial charge in [-0.3, -0.25) is 19.2 Å². The number of fused-ring (bicyclic) bond motifs is 2. The lowest BCUT2D eigenvalue weighted by Gasteiger charge is -2.40. The van der Waals surface area contributed by atoms with Crippen molar-refractivity contribution in [1.29, 1.82) is 0 Å². The lowest BCUT2D eigenvalue weighted by molar-refractivity contribution is -0.133. The summed E-state index contributed by atoms with van der Waals surface area (Å²) in [5.74, 6) is 0.533. The van der Waals surface area contributed by atoms with E-state index in [4.69, 9.17) is 42.1 Å². The molecule has 2 saturated carbocycles. The molecule has 6 rings (SSSR count). The number of carbonyl (C=O) groups excluding carboxylic acids is 4. The highest BCUT2D eigenvalue weighted by Crippen LogP contribution is 2.49. The number of ether oxygens (including phenoxy) is 4. The van der Waals surface area contributed by atoms with Crippen LogP contribution in [0.2, 0.25) is 10.0 Å². The fourth-order valence-electron chi connectivity index (χ4n) is 9.65. The molecule has 4 amide bonds. The molecule has 2 fully saturated rings. The van der Waals surface area contributed by atoms with Gasteiger partial charge in [0.1, 0.15) is 0 Å². The smallest absolute Gasteiger partial charge is 0.270 e. The summed E-state index contributed by atoms with van der Waals surface area (Å²) in [4.78, 5) is 61.3. The van der Waals surface area contributed by atoms with Gasteiger partial charge in [-0.05, 0) is 141 Å². The predicted molar refractivity (Wildman–Crippen MR) is 263 cm³/mol. The molecule has 2 aliphatic heterocycles. The third-order valence-corrected chi connectivity index (χ3v) is 14.6. The number of methoxy groups -OCH3 is 2. The van der Waals surface area contributed by atoms with E-state index in [1.54, 1.807) is 69.9 Å². The van der Waals surface area contributed by atoms with E-state index in [1.165, 1.54) is 12.8 Å². The van der Waals surface area contributed by atoms with Crippen molar-refractivity contribution in [2.75, 3.05) is 50.3 Å². The maximum atomic E-state index is 13.8. The van der Waals surface area contributed by atoms with Crippen molar-refractivity contribution in [3.8, 4) is 11.5 Å². The molecular formula is C50H73BrCl2N4O8. The number of nitrogens with zero attached hydrogens (tertiary/aromatic N) is 4. The molecule has 0 bridgehead atoms. The summed E-state index contributed by atoms with van der Waals surface area (Å²) in [7, 11) is 3.34. The van der Waals surface area contributed by atoms with Gasteiger partial charge in [0.15, 0.2) is 22.7 Å². The quantitative estimate of drug-likeness (QED) is 0.153. The summed E-state index contributed by atoms with van der Waals surface area (Å²) >= 11 is 17.0. The number of unbranched alkanes of at least 4 members (excludes halogenated alkanes) is 2. The summed E-state index contributed by atoms with van der Waals surface area (Å²) in [5, 5.41) is 0.686. The van der Waals surface area contributed by atoms with Crippen LogP contribution in [-0.2, 0) is 19.1 Å². The maximum absolute atomic E-state index is 13.8. The monoisotopic (exact) mass is 1010 g/mol. The van der Waals surface area contributed by atoms with Crippen molar-refractivity contribution in [3.05, 3.63) is 43.8 Å². The van der Waals surface area contributed by atoms with Gasteiger partial charge in [-0.1, -0.05) is 61.7 Å². The van der Waals surface area contributed by atoms with Crippen LogP contribution in [0.4, 0.5) is 11.4 Å². The molecule has 0 aromatic heterocycles. The Balaban J connectivity index is 0.000000244. The van der Waals surface area contributed by atoms with Crippen LogP contribution in [-0.4, -0.2) is 109 Å². The molecule has 0 unspecified atom stereocenters. The second-order valence-corrected chi connectivity index (χ2v) is 21.0. The Hall–Kier alpha value is -3.10. The van der Waals surface area contributed by atoms with Gasteiger partial charge in [0.25, 0.3) is 23.6 Å². The van der Waals surface area contributed by atoms with Crippen LogP contribution in [0, 0.1) is 0 Å². The molecule has 0 radical (unpaired) electrons. The van der Waals surface area contributed by atoms with E-state index in [0.717, 1.165) is 77.0 Å². The molecule has 2 aromatic carbocycles. The van der Waals surface area contributed by atoms with E-state index in [-0.39, 0.29) is 47.8 Å². The molecule has 15 heteroatoms. The molecule has 12 nitrogen and oxygen atoms in total. The van der Waals surface area contributed by atoms with Crippen molar-refractivity contribution in [1.82, 2.24) is 9.80 Å². The molecule has 2 aliphatic carbocycles. The number of benzene rings is 2. The minimum Gasteiger partial charge on any atom is -0.474 e. The highest BCUT2D eigenvalue weighted by molar-refractivity contribution is 9.10. The van der Waals surface area contributed by atoms with E-state index in [0.29, 0.717) is 74.8 Å². The second-order valence-electron chi connectivity index (χ2n) is 19.4. The lowest BCUT2D eigenvalue weighted by atomic mass is 9.92. The van der Waals surface area contributed by atoms with Gasteiger partial charge in [0.05, 0.1) is 31.5 Å². The molecule has 2 aromatic rings. The van der Waals surface area contributed by atoms with E-state index in [2.05, 4.69) is 43.6 Å². The molecule has 0 saturated heterocycles. The Morgan fingerprint density at radius 3 is 1.57 bits per heavy atom. The predicted octanol–water partition coefficient (Wildman–Crippen LogP) is 11.7. The Bertz CT molecular complexity index is 2000. The second kappa shape index (κ2) is 23.3. The topological polar surface area (TPSA) is 118 Å². The molecule has 2 heterocycles. The number of carbonyl (C=O) groups is 4. The Kier molecular flexibility index (Phi) is 18.9. The van der Waals surface area contributed by atoms with Gasteiger partial charge in [-0.25, -0.2) is 0 Å². The summed E-state index contributed by atoms with van der Waals surface area (Å²) in [5.41, 5.74) is 0.0438. The first-order valence-corrected chi connectivity index (χ1v) is 25.3. The zero-order valence-corrected chi connectivity index (χ0v) is 43.6. The summed E-state index contributed by atoms with van der Waals surface area (Å²) in [6.45, 7) is 17.5. The first-order valence-electron chi connectivity index (χ1n) is 23.8. The molecule has 65 heavy (non-hydrogen) atoms. The fraction of sp³-hybridized carbons (Fsp3) is 0.680. The van der Waals surface area contributed by atoms with E-state index < -0.39 is 11.2 Å². The zero-order chi connectivity index (χ0) is 47.8. The van der Waals surface area contributed by atoms with Gasteiger partial charge in [-0.2, -0.15) is 0 Å². The number of rotatable bonds is 16. The van der Waals surface area contributed by atoms with Crippen molar-refractivity contribution in [3.63, 3.8) is 0 Å². The molecule has 0 N–H and O–H groups in total. The van der Waals surface area contributed by atoms with Crippen molar-refractivity contribution >= 4 is 74.1 Å². The van der Waals surface area contributed by atoms with Crippen LogP contribution in [0.15, 0.2) is 22.7 Å². The average molecular weight is 1010 g/mol. The number of halogens is 3. The molecule has 0 spiro atoms. The minimum absolute atomic E-state index is 0.0341. The Morgan fingerprint density at radius 2 is 1.12 bits per heavy atom. The van der Waals surface area contributed by atoms with Crippen LogP contribution in [0.25, 0.3) is 0 Å². The van der Waals surface area contributed by atoms with Crippen LogP contribution >= 0.6 is 39.1 Å². The largest absolute Gasteiger partial charge is 0.474 e. The number of anilines is 2. The van der Waals surface area contributed by atoms with E-state index >= 15 is 0 Å². The van der Waals surface area contributed by atoms with E-state index in [1.807, 2.05) is 9.80 Å². The highest BCUT2D eigenvalue weighted by atomic mass is 79.9. The summed E-state index contributed by atoms with van der Waals surface area (Å²) < 4.78 is 22.9. The Labute approximate surface area is 406 Å². The summed E-state index contributed by atoms with van der Waals surface area (Å²) in [6.07, 6.45) is 14.3. The number of hydrogen-bond acceptors (Lipinski definition) is 8. The summed E-state index contributed by atoms with van der Waals surface area (Å²) in [6, 6.07) is 5.85. The number of hydrogen-bond donors (Lipinski definition) is 0. The zero-order valence-electron chi connectivity index (χ0n) is 40.5. The van der Waals surface area contributed by atoms with Crippen molar-refractivity contribution in [2.45, 2.75) is 181 Å². The van der Waals surface area contributed by atoms with Crippen LogP contribution in [0.3, 0.4) is 0 Å². The van der Waals surface area contributed by atoms with Crippen molar-refractivity contribution in [2.24, 2.45) is 0 Å².